The number of hydrogen-bond acceptors (Lipinski definition) is 0. The van der Waals surface area contributed by atoms with Crippen LogP contribution in [0.5, 0.6) is 0 Å². The molecule has 64 valence electrons. The van der Waals surface area contributed by atoms with E-state index in [0.717, 1.165) is 6.04 Å². The van der Waals surface area contributed by atoms with E-state index in [9.17, 15) is 4.39 Å². The molecule has 0 aliphatic heterocycles. The highest BCUT2D eigenvalue weighted by Gasteiger charge is 2.08. The first-order chi connectivity index (χ1) is 5.70. The normalized spacial score (nSPS) is 12.5. The maximum absolute atomic E-state index is 12.6. The lowest BCUT2D eigenvalue weighted by Gasteiger charge is -2.05. The third-order valence-corrected chi connectivity index (χ3v) is 4.07. The molecule has 0 nitrogen and oxygen atoms in total. The van der Waals surface area contributed by atoms with Gasteiger partial charge in [-0.2, -0.15) is 0 Å². The van der Waals surface area contributed by atoms with Gasteiger partial charge in [-0.3, -0.25) is 0 Å². The second kappa shape index (κ2) is 4.21. The Hall–Kier alpha value is -0.893. The molecule has 0 aliphatic rings. The zero-order valence-electron chi connectivity index (χ0n) is 7.26. The quantitative estimate of drug-likeness (QED) is 0.627. The van der Waals surface area contributed by atoms with Gasteiger partial charge in [0.2, 0.25) is 0 Å². The van der Waals surface area contributed by atoms with E-state index in [4.69, 9.17) is 0 Å². The van der Waals surface area contributed by atoms with Gasteiger partial charge in [-0.25, -0.2) is 4.39 Å². The molecule has 0 saturated heterocycles. The Morgan fingerprint density at radius 2 is 2.00 bits per heavy atom. The van der Waals surface area contributed by atoms with E-state index in [2.05, 4.69) is 6.58 Å². The summed E-state index contributed by atoms with van der Waals surface area (Å²) in [4.78, 5) is 0. The SMILES string of the molecule is C=C(F)[SiH](C)Cc1ccccc1. The van der Waals surface area contributed by atoms with Crippen LogP contribution in [0, 0.1) is 0 Å². The van der Waals surface area contributed by atoms with Crippen molar-refractivity contribution in [3.8, 4) is 0 Å². The summed E-state index contributed by atoms with van der Waals surface area (Å²) in [6.07, 6.45) is 0. The van der Waals surface area contributed by atoms with Crippen LogP contribution in [0.2, 0.25) is 6.55 Å². The second-order valence-corrected chi connectivity index (χ2v) is 5.87. The molecule has 0 radical (unpaired) electrons. The molecule has 1 unspecified atom stereocenters. The molecule has 0 aromatic heterocycles. The molecule has 1 aromatic rings. The van der Waals surface area contributed by atoms with Gasteiger partial charge in [-0.05, 0) is 6.04 Å². The molecule has 0 fully saturated rings. The van der Waals surface area contributed by atoms with E-state index in [1.807, 2.05) is 36.9 Å². The van der Waals surface area contributed by atoms with Crippen molar-refractivity contribution in [2.24, 2.45) is 0 Å². The van der Waals surface area contributed by atoms with Crippen LogP contribution in [0.3, 0.4) is 0 Å². The number of rotatable bonds is 3. The summed E-state index contributed by atoms with van der Waals surface area (Å²) in [6, 6.07) is 10.9. The summed E-state index contributed by atoms with van der Waals surface area (Å²) < 4.78 is 12.6. The fourth-order valence-electron chi connectivity index (χ4n) is 1.08. The molecule has 0 heterocycles. The lowest BCUT2D eigenvalue weighted by Crippen LogP contribution is -2.12. The molecular formula is C10H13FSi. The second-order valence-electron chi connectivity index (χ2n) is 3.04. The van der Waals surface area contributed by atoms with Gasteiger partial charge in [0.1, 0.15) is 8.80 Å². The molecule has 0 bridgehead atoms. The number of benzene rings is 1. The van der Waals surface area contributed by atoms with Gasteiger partial charge >= 0.3 is 0 Å². The van der Waals surface area contributed by atoms with Crippen LogP contribution in [-0.4, -0.2) is 8.80 Å². The standard InChI is InChI=1S/C10H13FSi/c1-9(11)12(2)8-10-6-4-3-5-7-10/h3-7,12H,1,8H2,2H3. The van der Waals surface area contributed by atoms with Gasteiger partial charge in [0.15, 0.2) is 0 Å². The minimum Gasteiger partial charge on any atom is -0.218 e. The summed E-state index contributed by atoms with van der Waals surface area (Å²) >= 11 is 0. The summed E-state index contributed by atoms with van der Waals surface area (Å²) in [7, 11) is -1.36. The summed E-state index contributed by atoms with van der Waals surface area (Å²) in [6.45, 7) is 5.33. The molecule has 1 atom stereocenters. The highest BCUT2D eigenvalue weighted by molar-refractivity contribution is 6.63. The van der Waals surface area contributed by atoms with Crippen LogP contribution < -0.4 is 0 Å². The van der Waals surface area contributed by atoms with Crippen molar-refractivity contribution in [2.45, 2.75) is 12.6 Å². The van der Waals surface area contributed by atoms with Crippen LogP contribution in [-0.2, 0) is 6.04 Å². The number of hydrogen-bond donors (Lipinski definition) is 0. The van der Waals surface area contributed by atoms with Crippen molar-refractivity contribution in [1.82, 2.24) is 0 Å². The zero-order valence-corrected chi connectivity index (χ0v) is 8.41. The van der Waals surface area contributed by atoms with Gasteiger partial charge in [-0.15, -0.1) is 0 Å². The predicted molar refractivity (Wildman–Crippen MR) is 53.4 cm³/mol. The average Bonchev–Trinajstić information content (AvgIpc) is 2.06. The zero-order chi connectivity index (χ0) is 8.97. The van der Waals surface area contributed by atoms with Crippen LogP contribution >= 0.6 is 0 Å². The Bertz CT molecular complexity index is 256. The Morgan fingerprint density at radius 1 is 1.42 bits per heavy atom. The first kappa shape index (κ1) is 9.20. The predicted octanol–water partition coefficient (Wildman–Crippen LogP) is 2.65. The molecule has 0 amide bonds. The van der Waals surface area contributed by atoms with Crippen LogP contribution in [0.1, 0.15) is 5.56 Å². The average molecular weight is 180 g/mol. The largest absolute Gasteiger partial charge is 0.218 e. The molecule has 2 heteroatoms. The molecule has 1 rings (SSSR count). The van der Waals surface area contributed by atoms with Gasteiger partial charge < -0.3 is 0 Å². The van der Waals surface area contributed by atoms with Crippen LogP contribution in [0.15, 0.2) is 42.4 Å². The first-order valence-corrected chi connectivity index (χ1v) is 6.63. The van der Waals surface area contributed by atoms with Crippen molar-refractivity contribution in [2.75, 3.05) is 0 Å². The lowest BCUT2D eigenvalue weighted by molar-refractivity contribution is 0.689. The van der Waals surface area contributed by atoms with Gasteiger partial charge in [0.25, 0.3) is 0 Å². The van der Waals surface area contributed by atoms with Crippen molar-refractivity contribution < 1.29 is 4.39 Å². The third-order valence-electron chi connectivity index (χ3n) is 1.92. The van der Waals surface area contributed by atoms with Crippen molar-refractivity contribution in [3.05, 3.63) is 47.9 Å². The highest BCUT2D eigenvalue weighted by atomic mass is 28.3. The molecule has 0 N–H and O–H groups in total. The maximum Gasteiger partial charge on any atom is 0.108 e. The molecular weight excluding hydrogens is 167 g/mol. The van der Waals surface area contributed by atoms with E-state index in [-0.39, 0.29) is 5.45 Å². The lowest BCUT2D eigenvalue weighted by atomic mass is 10.2. The summed E-state index contributed by atoms with van der Waals surface area (Å²) in [5.74, 6) is 0. The van der Waals surface area contributed by atoms with Gasteiger partial charge in [0.05, 0.1) is 5.45 Å². The van der Waals surface area contributed by atoms with Crippen molar-refractivity contribution in [3.63, 3.8) is 0 Å². The summed E-state index contributed by atoms with van der Waals surface area (Å²) in [5, 5.41) is 0. The molecule has 12 heavy (non-hydrogen) atoms. The maximum atomic E-state index is 12.6. The summed E-state index contributed by atoms with van der Waals surface area (Å²) in [5.41, 5.74) is 1.12. The Labute approximate surface area is 74.3 Å². The Balaban J connectivity index is 2.58. The minimum absolute atomic E-state index is 0.0983. The van der Waals surface area contributed by atoms with Gasteiger partial charge in [-0.1, -0.05) is 49.0 Å². The topological polar surface area (TPSA) is 0 Å². The van der Waals surface area contributed by atoms with E-state index in [0.29, 0.717) is 0 Å². The fraction of sp³-hybridized carbons (Fsp3) is 0.200. The molecule has 1 aromatic carbocycles. The van der Waals surface area contributed by atoms with Crippen molar-refractivity contribution in [1.29, 1.82) is 0 Å². The third kappa shape index (κ3) is 2.62. The van der Waals surface area contributed by atoms with E-state index in [1.165, 1.54) is 5.56 Å². The molecule has 0 saturated carbocycles. The molecule has 0 aliphatic carbocycles. The first-order valence-electron chi connectivity index (χ1n) is 4.08. The van der Waals surface area contributed by atoms with E-state index in [1.54, 1.807) is 0 Å². The fourth-order valence-corrected chi connectivity index (χ4v) is 2.28. The smallest absolute Gasteiger partial charge is 0.108 e. The Kier molecular flexibility index (Phi) is 3.23. The van der Waals surface area contributed by atoms with Crippen LogP contribution in [0.4, 0.5) is 4.39 Å². The van der Waals surface area contributed by atoms with E-state index < -0.39 is 8.80 Å². The Morgan fingerprint density at radius 3 is 2.50 bits per heavy atom. The van der Waals surface area contributed by atoms with Crippen LogP contribution in [0.25, 0.3) is 0 Å². The molecule has 0 spiro atoms. The van der Waals surface area contributed by atoms with E-state index >= 15 is 0 Å². The van der Waals surface area contributed by atoms with Crippen molar-refractivity contribution >= 4 is 8.80 Å². The number of halogens is 1. The monoisotopic (exact) mass is 180 g/mol. The van der Waals surface area contributed by atoms with Gasteiger partial charge in [0, 0.05) is 0 Å². The minimum atomic E-state index is -1.36. The highest BCUT2D eigenvalue weighted by Crippen LogP contribution is 2.07.